The zero-order chi connectivity index (χ0) is 21.1. The summed E-state index contributed by atoms with van der Waals surface area (Å²) in [6.07, 6.45) is 0.620. The van der Waals surface area contributed by atoms with Crippen LogP contribution in [0.4, 0.5) is 0 Å². The van der Waals surface area contributed by atoms with Gasteiger partial charge in [0.15, 0.2) is 0 Å². The normalized spacial score (nSPS) is 18.0. The highest BCUT2D eigenvalue weighted by atomic mass is 32.1. The maximum atomic E-state index is 13.0. The first-order valence-corrected chi connectivity index (χ1v) is 10.5. The Hall–Kier alpha value is -3.38. The predicted octanol–water partition coefficient (Wildman–Crippen LogP) is 4.42. The quantitative estimate of drug-likeness (QED) is 0.365. The van der Waals surface area contributed by atoms with E-state index < -0.39 is 17.7 Å². The lowest BCUT2D eigenvalue weighted by Gasteiger charge is -2.24. The van der Waals surface area contributed by atoms with Gasteiger partial charge in [-0.3, -0.25) is 9.59 Å². The summed E-state index contributed by atoms with van der Waals surface area (Å²) in [5, 5.41) is 12.9. The highest BCUT2D eigenvalue weighted by molar-refractivity contribution is 7.10. The minimum Gasteiger partial charge on any atom is -0.507 e. The topological polar surface area (TPSA) is 66.8 Å². The standard InChI is InChI=1S/C24H21NO4S/c1-29-18-10-5-9-17(15-18)22(26)20-21(19-11-6-14-30-19)25(24(28)23(20)27)13-12-16-7-3-2-4-8-16/h2-11,14-15,21,26H,12-13H2,1H3. The highest BCUT2D eigenvalue weighted by Crippen LogP contribution is 2.41. The number of likely N-dealkylation sites (tertiary alicyclic amines) is 1. The highest BCUT2D eigenvalue weighted by Gasteiger charge is 2.46. The number of Topliss-reactive ketones (excluding diaryl/α,β-unsaturated/α-hetero) is 1. The van der Waals surface area contributed by atoms with Gasteiger partial charge in [0.05, 0.1) is 18.7 Å². The maximum Gasteiger partial charge on any atom is 0.295 e. The van der Waals surface area contributed by atoms with E-state index in [2.05, 4.69) is 0 Å². The molecule has 3 aromatic rings. The molecule has 1 aromatic heterocycles. The smallest absolute Gasteiger partial charge is 0.295 e. The largest absolute Gasteiger partial charge is 0.507 e. The van der Waals surface area contributed by atoms with Crippen molar-refractivity contribution in [3.8, 4) is 5.75 Å². The fourth-order valence-electron chi connectivity index (χ4n) is 3.67. The summed E-state index contributed by atoms with van der Waals surface area (Å²) < 4.78 is 5.23. The first-order valence-electron chi connectivity index (χ1n) is 9.60. The van der Waals surface area contributed by atoms with Crippen molar-refractivity contribution in [3.05, 3.63) is 93.7 Å². The summed E-state index contributed by atoms with van der Waals surface area (Å²) in [5.41, 5.74) is 1.64. The number of rotatable bonds is 6. The number of ether oxygens (including phenoxy) is 1. The Kier molecular flexibility index (Phi) is 5.68. The number of amides is 1. The lowest BCUT2D eigenvalue weighted by Crippen LogP contribution is -2.31. The molecule has 1 N–H and O–H groups in total. The third-order valence-electron chi connectivity index (χ3n) is 5.18. The number of carbonyl (C=O) groups excluding carboxylic acids is 2. The molecule has 0 bridgehead atoms. The van der Waals surface area contributed by atoms with Crippen molar-refractivity contribution in [3.63, 3.8) is 0 Å². The molecule has 2 heterocycles. The van der Waals surface area contributed by atoms with Crippen molar-refractivity contribution in [2.75, 3.05) is 13.7 Å². The van der Waals surface area contributed by atoms with Crippen molar-refractivity contribution in [2.24, 2.45) is 0 Å². The molecule has 6 heteroatoms. The lowest BCUT2D eigenvalue weighted by molar-refractivity contribution is -0.139. The Bertz CT molecular complexity index is 1090. The van der Waals surface area contributed by atoms with E-state index in [9.17, 15) is 14.7 Å². The van der Waals surface area contributed by atoms with Crippen LogP contribution in [0, 0.1) is 0 Å². The van der Waals surface area contributed by atoms with E-state index >= 15 is 0 Å². The fourth-order valence-corrected chi connectivity index (χ4v) is 4.52. The Morgan fingerprint density at radius 3 is 2.57 bits per heavy atom. The molecule has 1 aliphatic heterocycles. The van der Waals surface area contributed by atoms with Gasteiger partial charge in [-0.25, -0.2) is 0 Å². The van der Waals surface area contributed by atoms with Gasteiger partial charge in [-0.05, 0) is 35.6 Å². The van der Waals surface area contributed by atoms with E-state index in [0.717, 1.165) is 10.4 Å². The van der Waals surface area contributed by atoms with Crippen LogP contribution in [0.3, 0.4) is 0 Å². The van der Waals surface area contributed by atoms with Crippen molar-refractivity contribution >= 4 is 28.8 Å². The first-order chi connectivity index (χ1) is 14.6. The van der Waals surface area contributed by atoms with Gasteiger partial charge in [0, 0.05) is 17.0 Å². The van der Waals surface area contributed by atoms with Crippen molar-refractivity contribution in [2.45, 2.75) is 12.5 Å². The van der Waals surface area contributed by atoms with Gasteiger partial charge in [0.2, 0.25) is 0 Å². The second-order valence-electron chi connectivity index (χ2n) is 6.98. The molecule has 1 saturated heterocycles. The van der Waals surface area contributed by atoms with Gasteiger partial charge in [-0.15, -0.1) is 11.3 Å². The average Bonchev–Trinajstić information content (AvgIpc) is 3.40. The lowest BCUT2D eigenvalue weighted by atomic mass is 9.99. The Balaban J connectivity index is 1.75. The van der Waals surface area contributed by atoms with E-state index in [1.165, 1.54) is 18.4 Å². The van der Waals surface area contributed by atoms with Crippen LogP contribution in [0.25, 0.3) is 5.76 Å². The molecular formula is C24H21NO4S. The number of benzene rings is 2. The van der Waals surface area contributed by atoms with E-state index in [-0.39, 0.29) is 11.3 Å². The molecule has 5 nitrogen and oxygen atoms in total. The molecule has 1 atom stereocenters. The number of carbonyl (C=O) groups is 2. The van der Waals surface area contributed by atoms with Crippen molar-refractivity contribution in [1.82, 2.24) is 4.90 Å². The maximum absolute atomic E-state index is 13.0. The van der Waals surface area contributed by atoms with Gasteiger partial charge >= 0.3 is 0 Å². The molecule has 0 saturated carbocycles. The molecule has 152 valence electrons. The molecule has 1 fully saturated rings. The average molecular weight is 420 g/mol. The minimum absolute atomic E-state index is 0.115. The van der Waals surface area contributed by atoms with E-state index in [1.54, 1.807) is 29.2 Å². The zero-order valence-electron chi connectivity index (χ0n) is 16.4. The van der Waals surface area contributed by atoms with Gasteiger partial charge in [0.1, 0.15) is 11.5 Å². The molecule has 1 aliphatic rings. The van der Waals surface area contributed by atoms with Crippen molar-refractivity contribution in [1.29, 1.82) is 0 Å². The van der Waals surface area contributed by atoms with Crippen LogP contribution in [0.2, 0.25) is 0 Å². The first kappa shape index (κ1) is 19.9. The summed E-state index contributed by atoms with van der Waals surface area (Å²) in [6.45, 7) is 0.381. The number of aliphatic hydroxyl groups is 1. The van der Waals surface area contributed by atoms with Crippen LogP contribution in [0.5, 0.6) is 5.75 Å². The molecular weight excluding hydrogens is 398 g/mol. The van der Waals surface area contributed by atoms with Crippen LogP contribution >= 0.6 is 11.3 Å². The van der Waals surface area contributed by atoms with Gasteiger partial charge in [0.25, 0.3) is 11.7 Å². The van der Waals surface area contributed by atoms with Crippen LogP contribution in [0.1, 0.15) is 22.0 Å². The molecule has 1 unspecified atom stereocenters. The molecule has 0 spiro atoms. The number of hydrogen-bond donors (Lipinski definition) is 1. The molecule has 2 aromatic carbocycles. The SMILES string of the molecule is COc1cccc(C(O)=C2C(=O)C(=O)N(CCc3ccccc3)C2c2cccs2)c1. The van der Waals surface area contributed by atoms with Crippen LogP contribution in [-0.4, -0.2) is 35.4 Å². The van der Waals surface area contributed by atoms with Crippen LogP contribution < -0.4 is 4.74 Å². The molecule has 0 aliphatic carbocycles. The molecule has 1 amide bonds. The number of thiophene rings is 1. The van der Waals surface area contributed by atoms with Crippen LogP contribution in [-0.2, 0) is 16.0 Å². The van der Waals surface area contributed by atoms with Crippen molar-refractivity contribution < 1.29 is 19.4 Å². The molecule has 0 radical (unpaired) electrons. The summed E-state index contributed by atoms with van der Waals surface area (Å²) in [7, 11) is 1.54. The van der Waals surface area contributed by atoms with Crippen LogP contribution in [0.15, 0.2) is 77.7 Å². The fraction of sp³-hybridized carbons (Fsp3) is 0.167. The zero-order valence-corrected chi connectivity index (χ0v) is 17.3. The molecule has 30 heavy (non-hydrogen) atoms. The molecule has 4 rings (SSSR count). The summed E-state index contributed by atoms with van der Waals surface area (Å²) in [4.78, 5) is 28.3. The predicted molar refractivity (Wildman–Crippen MR) is 116 cm³/mol. The van der Waals surface area contributed by atoms with E-state index in [1.807, 2.05) is 47.8 Å². The number of ketones is 1. The Labute approximate surface area is 178 Å². The second-order valence-corrected chi connectivity index (χ2v) is 7.95. The number of aliphatic hydroxyl groups excluding tert-OH is 1. The Morgan fingerprint density at radius 2 is 1.87 bits per heavy atom. The number of nitrogens with zero attached hydrogens (tertiary/aromatic N) is 1. The van der Waals surface area contributed by atoms with Gasteiger partial charge in [-0.2, -0.15) is 0 Å². The third kappa shape index (κ3) is 3.74. The number of methoxy groups -OCH3 is 1. The van der Waals surface area contributed by atoms with Gasteiger partial charge < -0.3 is 14.7 Å². The Morgan fingerprint density at radius 1 is 1.07 bits per heavy atom. The van der Waals surface area contributed by atoms with Gasteiger partial charge in [-0.1, -0.05) is 48.5 Å². The second kappa shape index (κ2) is 8.55. The monoisotopic (exact) mass is 419 g/mol. The number of hydrogen-bond acceptors (Lipinski definition) is 5. The minimum atomic E-state index is -0.665. The summed E-state index contributed by atoms with van der Waals surface area (Å²) in [5.74, 6) is -0.881. The van der Waals surface area contributed by atoms with E-state index in [0.29, 0.717) is 24.3 Å². The summed E-state index contributed by atoms with van der Waals surface area (Å²) >= 11 is 1.46. The van der Waals surface area contributed by atoms with E-state index in [4.69, 9.17) is 4.74 Å². The summed E-state index contributed by atoms with van der Waals surface area (Å²) in [6, 6.07) is 19.8. The third-order valence-corrected chi connectivity index (χ3v) is 6.10.